The molecule has 0 amide bonds. The van der Waals surface area contributed by atoms with Gasteiger partial charge < -0.3 is 4.74 Å². The lowest BCUT2D eigenvalue weighted by atomic mass is 10.1. The topological polar surface area (TPSA) is 45.9 Å². The predicted molar refractivity (Wildman–Crippen MR) is 120 cm³/mol. The van der Waals surface area contributed by atoms with Crippen LogP contribution < -0.4 is 4.74 Å². The molecule has 0 radical (unpaired) electrons. The monoisotopic (exact) mass is 419 g/mol. The number of rotatable bonds is 5. The number of hydrogen-bond donors (Lipinski definition) is 0. The minimum Gasteiger partial charge on any atom is -0.497 e. The van der Waals surface area contributed by atoms with E-state index in [9.17, 15) is 0 Å². The van der Waals surface area contributed by atoms with Crippen molar-refractivity contribution in [1.82, 2.24) is 24.2 Å². The van der Waals surface area contributed by atoms with Crippen molar-refractivity contribution in [3.05, 3.63) is 70.9 Å². The third-order valence-corrected chi connectivity index (χ3v) is 6.58. The summed E-state index contributed by atoms with van der Waals surface area (Å²) in [5.74, 6) is 0.862. The zero-order valence-electron chi connectivity index (χ0n) is 17.2. The Morgan fingerprint density at radius 3 is 2.77 bits per heavy atom. The normalized spacial score (nSPS) is 18.1. The van der Waals surface area contributed by atoms with Crippen LogP contribution in [0.1, 0.15) is 16.7 Å². The summed E-state index contributed by atoms with van der Waals surface area (Å²) in [6, 6.07) is 14.7. The molecular formula is C23H25N5OS. The smallest absolute Gasteiger partial charge is 0.137 e. The Morgan fingerprint density at radius 1 is 1.13 bits per heavy atom. The second-order valence-corrected chi connectivity index (χ2v) is 8.67. The van der Waals surface area contributed by atoms with Gasteiger partial charge in [0.15, 0.2) is 0 Å². The van der Waals surface area contributed by atoms with E-state index in [0.717, 1.165) is 54.5 Å². The highest BCUT2D eigenvalue weighted by molar-refractivity contribution is 7.09. The maximum Gasteiger partial charge on any atom is 0.137 e. The van der Waals surface area contributed by atoms with E-state index in [-0.39, 0.29) is 6.04 Å². The van der Waals surface area contributed by atoms with Crippen LogP contribution in [0.5, 0.6) is 5.75 Å². The Hall–Kier alpha value is -2.74. The summed E-state index contributed by atoms with van der Waals surface area (Å²) >= 11 is 1.73. The summed E-state index contributed by atoms with van der Waals surface area (Å²) in [5, 5.41) is 3.22. The molecule has 30 heavy (non-hydrogen) atoms. The third kappa shape index (κ3) is 3.71. The molecule has 0 N–H and O–H groups in total. The quantitative estimate of drug-likeness (QED) is 0.490. The van der Waals surface area contributed by atoms with Gasteiger partial charge in [0.2, 0.25) is 0 Å². The summed E-state index contributed by atoms with van der Waals surface area (Å²) in [4.78, 5) is 14.3. The number of pyridine rings is 1. The van der Waals surface area contributed by atoms with E-state index in [0.29, 0.717) is 0 Å². The van der Waals surface area contributed by atoms with Crippen molar-refractivity contribution in [2.75, 3.05) is 33.8 Å². The molecule has 4 aromatic rings. The molecule has 5 rings (SSSR count). The van der Waals surface area contributed by atoms with Crippen LogP contribution in [0, 0.1) is 0 Å². The standard InChI is InChI=1S/C23H25N5OS/c1-26-11-12-27(16-23-24-10-13-30-23)15-21(26)19-14-28-20(4-3-5-22(28)25-19)17-6-8-18(29-2)9-7-17/h3-10,13-14,21H,11-12,15-16H2,1-2H3/t21-/m1/s1. The number of aromatic nitrogens is 3. The number of imidazole rings is 1. The molecule has 0 bridgehead atoms. The molecule has 0 spiro atoms. The first-order valence-electron chi connectivity index (χ1n) is 10.1. The highest BCUT2D eigenvalue weighted by Crippen LogP contribution is 2.28. The SMILES string of the molecule is COc1ccc(-c2cccc3nc([C@H]4CN(Cc5nccs5)CCN4C)cn23)cc1. The molecule has 1 saturated heterocycles. The summed E-state index contributed by atoms with van der Waals surface area (Å²) in [6.45, 7) is 3.94. The number of fused-ring (bicyclic) bond motifs is 1. The fourth-order valence-corrected chi connectivity index (χ4v) is 4.76. The largest absolute Gasteiger partial charge is 0.497 e. The highest BCUT2D eigenvalue weighted by atomic mass is 32.1. The van der Waals surface area contributed by atoms with Gasteiger partial charge in [-0.3, -0.25) is 14.2 Å². The molecule has 1 aromatic carbocycles. The van der Waals surface area contributed by atoms with Crippen molar-refractivity contribution >= 4 is 17.0 Å². The van der Waals surface area contributed by atoms with Gasteiger partial charge >= 0.3 is 0 Å². The number of hydrogen-bond acceptors (Lipinski definition) is 6. The molecule has 1 fully saturated rings. The van der Waals surface area contributed by atoms with Crippen LogP contribution >= 0.6 is 11.3 Å². The Morgan fingerprint density at radius 2 is 2.00 bits per heavy atom. The van der Waals surface area contributed by atoms with Crippen LogP contribution in [-0.2, 0) is 6.54 Å². The molecule has 0 aliphatic carbocycles. The lowest BCUT2D eigenvalue weighted by molar-refractivity contribution is 0.0885. The number of piperazine rings is 1. The minimum absolute atomic E-state index is 0.266. The van der Waals surface area contributed by atoms with E-state index in [4.69, 9.17) is 9.72 Å². The molecule has 6 nitrogen and oxygen atoms in total. The maximum atomic E-state index is 5.30. The van der Waals surface area contributed by atoms with E-state index >= 15 is 0 Å². The zero-order valence-corrected chi connectivity index (χ0v) is 18.0. The van der Waals surface area contributed by atoms with Gasteiger partial charge in [-0.05, 0) is 49.0 Å². The molecule has 4 heterocycles. The number of nitrogens with zero attached hydrogens (tertiary/aromatic N) is 5. The van der Waals surface area contributed by atoms with E-state index < -0.39 is 0 Å². The molecular weight excluding hydrogens is 394 g/mol. The second-order valence-electron chi connectivity index (χ2n) is 7.69. The zero-order chi connectivity index (χ0) is 20.5. The molecule has 154 valence electrons. The van der Waals surface area contributed by atoms with Gasteiger partial charge in [0.1, 0.15) is 16.4 Å². The van der Waals surface area contributed by atoms with Crippen LogP contribution in [-0.4, -0.2) is 58.0 Å². The predicted octanol–water partition coefficient (Wildman–Crippen LogP) is 3.96. The average molecular weight is 420 g/mol. The third-order valence-electron chi connectivity index (χ3n) is 5.81. The Labute approximate surface area is 180 Å². The van der Waals surface area contributed by atoms with E-state index in [1.165, 1.54) is 5.01 Å². The summed E-state index contributed by atoms with van der Waals surface area (Å²) < 4.78 is 7.50. The van der Waals surface area contributed by atoms with Crippen LogP contribution in [0.15, 0.2) is 60.2 Å². The fraction of sp³-hybridized carbons (Fsp3) is 0.304. The highest BCUT2D eigenvalue weighted by Gasteiger charge is 2.28. The Kier molecular flexibility index (Phi) is 5.25. The molecule has 3 aromatic heterocycles. The van der Waals surface area contributed by atoms with Gasteiger partial charge in [0, 0.05) is 37.4 Å². The lowest BCUT2D eigenvalue weighted by Gasteiger charge is -2.38. The van der Waals surface area contributed by atoms with E-state index in [2.05, 4.69) is 62.8 Å². The van der Waals surface area contributed by atoms with Crippen LogP contribution in [0.2, 0.25) is 0 Å². The fourth-order valence-electron chi connectivity index (χ4n) is 4.10. The average Bonchev–Trinajstić information content (AvgIpc) is 3.44. The summed E-state index contributed by atoms with van der Waals surface area (Å²) in [7, 11) is 3.89. The van der Waals surface area contributed by atoms with E-state index in [1.54, 1.807) is 18.4 Å². The first kappa shape index (κ1) is 19.2. The number of methoxy groups -OCH3 is 1. The van der Waals surface area contributed by atoms with Crippen molar-refractivity contribution in [3.63, 3.8) is 0 Å². The summed E-state index contributed by atoms with van der Waals surface area (Å²) in [6.07, 6.45) is 4.08. The van der Waals surface area contributed by atoms with Crippen molar-refractivity contribution in [2.45, 2.75) is 12.6 Å². The first-order valence-corrected chi connectivity index (χ1v) is 11.0. The maximum absolute atomic E-state index is 5.30. The molecule has 0 saturated carbocycles. The van der Waals surface area contributed by atoms with Crippen molar-refractivity contribution < 1.29 is 4.74 Å². The van der Waals surface area contributed by atoms with Crippen LogP contribution in [0.3, 0.4) is 0 Å². The summed E-state index contributed by atoms with van der Waals surface area (Å²) in [5.41, 5.74) is 4.37. The molecule has 0 unspecified atom stereocenters. The van der Waals surface area contributed by atoms with Gasteiger partial charge in [-0.2, -0.15) is 0 Å². The van der Waals surface area contributed by atoms with Crippen molar-refractivity contribution in [3.8, 4) is 17.0 Å². The van der Waals surface area contributed by atoms with Crippen LogP contribution in [0.4, 0.5) is 0 Å². The molecule has 1 aliphatic heterocycles. The van der Waals surface area contributed by atoms with Gasteiger partial charge in [-0.25, -0.2) is 9.97 Å². The number of thiazole rings is 1. The second kappa shape index (κ2) is 8.18. The van der Waals surface area contributed by atoms with Crippen molar-refractivity contribution in [2.24, 2.45) is 0 Å². The van der Waals surface area contributed by atoms with Crippen molar-refractivity contribution in [1.29, 1.82) is 0 Å². The van der Waals surface area contributed by atoms with Gasteiger partial charge in [0.05, 0.1) is 31.1 Å². The Balaban J connectivity index is 1.45. The molecule has 1 atom stereocenters. The number of benzene rings is 1. The number of likely N-dealkylation sites (N-methyl/N-ethyl adjacent to an activating group) is 1. The lowest BCUT2D eigenvalue weighted by Crippen LogP contribution is -2.46. The molecule has 7 heteroatoms. The van der Waals surface area contributed by atoms with Gasteiger partial charge in [-0.1, -0.05) is 6.07 Å². The van der Waals surface area contributed by atoms with Gasteiger partial charge in [0.25, 0.3) is 0 Å². The van der Waals surface area contributed by atoms with E-state index in [1.807, 2.05) is 23.7 Å². The molecule has 1 aliphatic rings. The van der Waals surface area contributed by atoms with Gasteiger partial charge in [-0.15, -0.1) is 11.3 Å². The van der Waals surface area contributed by atoms with Crippen LogP contribution in [0.25, 0.3) is 16.9 Å². The number of ether oxygens (including phenoxy) is 1. The minimum atomic E-state index is 0.266. The Bertz CT molecular complexity index is 1120. The first-order chi connectivity index (χ1) is 14.7.